The van der Waals surface area contributed by atoms with Gasteiger partial charge in [0.1, 0.15) is 11.3 Å². The Bertz CT molecular complexity index is 1250. The number of hydrogen-bond acceptors (Lipinski definition) is 4. The van der Waals surface area contributed by atoms with Crippen molar-refractivity contribution in [3.63, 3.8) is 0 Å². The molecule has 1 aromatic carbocycles. The second-order valence-electron chi connectivity index (χ2n) is 6.73. The Labute approximate surface area is 177 Å². The number of nitrogens with zero attached hydrogens (tertiary/aromatic N) is 2. The number of amides is 1. The monoisotopic (exact) mass is 419 g/mol. The van der Waals surface area contributed by atoms with E-state index in [9.17, 15) is 9.59 Å². The summed E-state index contributed by atoms with van der Waals surface area (Å²) in [6, 6.07) is 15.5. The van der Waals surface area contributed by atoms with Gasteiger partial charge in [0, 0.05) is 30.7 Å². The number of halogens is 1. The van der Waals surface area contributed by atoms with Gasteiger partial charge < -0.3 is 14.3 Å². The summed E-state index contributed by atoms with van der Waals surface area (Å²) in [5.74, 6) is -0.136. The maximum Gasteiger partial charge on any atom is 0.261 e. The van der Waals surface area contributed by atoms with Crippen molar-refractivity contribution in [2.24, 2.45) is 0 Å². The molecule has 0 fully saturated rings. The van der Waals surface area contributed by atoms with E-state index in [1.807, 2.05) is 23.6 Å². The van der Waals surface area contributed by atoms with Crippen LogP contribution < -0.4 is 10.7 Å². The minimum atomic E-state index is -0.556. The van der Waals surface area contributed by atoms with Crippen molar-refractivity contribution >= 4 is 23.2 Å². The number of hydrogen-bond donors (Lipinski definition) is 1. The van der Waals surface area contributed by atoms with E-state index in [0.29, 0.717) is 34.4 Å². The third kappa shape index (κ3) is 3.90. The first kappa shape index (κ1) is 19.7. The summed E-state index contributed by atoms with van der Waals surface area (Å²) in [4.78, 5) is 30.2. The lowest BCUT2D eigenvalue weighted by molar-refractivity contribution is 0.102. The van der Waals surface area contributed by atoms with Crippen LogP contribution in [-0.2, 0) is 6.54 Å². The van der Waals surface area contributed by atoms with Crippen LogP contribution >= 0.6 is 11.6 Å². The molecule has 0 spiro atoms. The molecule has 0 saturated heterocycles. The van der Waals surface area contributed by atoms with E-state index in [-0.39, 0.29) is 5.56 Å². The van der Waals surface area contributed by atoms with Gasteiger partial charge >= 0.3 is 0 Å². The average Bonchev–Trinajstić information content (AvgIpc) is 3.26. The Morgan fingerprint density at radius 1 is 1.17 bits per heavy atom. The van der Waals surface area contributed by atoms with Crippen molar-refractivity contribution in [2.45, 2.75) is 13.5 Å². The summed E-state index contributed by atoms with van der Waals surface area (Å²) in [6.45, 7) is 2.24. The van der Waals surface area contributed by atoms with Crippen LogP contribution in [0.1, 0.15) is 21.6 Å². The third-order valence-electron chi connectivity index (χ3n) is 4.69. The molecular formula is C23H18ClN3O3. The Morgan fingerprint density at radius 3 is 2.70 bits per heavy atom. The molecule has 0 unspecified atom stereocenters. The fourth-order valence-corrected chi connectivity index (χ4v) is 3.47. The first-order valence-corrected chi connectivity index (χ1v) is 9.65. The zero-order valence-electron chi connectivity index (χ0n) is 16.1. The maximum atomic E-state index is 13.2. The minimum absolute atomic E-state index is 0.0145. The van der Waals surface area contributed by atoms with E-state index in [2.05, 4.69) is 10.3 Å². The van der Waals surface area contributed by atoms with Gasteiger partial charge in [0.05, 0.1) is 17.0 Å². The summed E-state index contributed by atoms with van der Waals surface area (Å²) in [7, 11) is 0. The van der Waals surface area contributed by atoms with Crippen LogP contribution in [0.3, 0.4) is 0 Å². The van der Waals surface area contributed by atoms with Gasteiger partial charge in [-0.15, -0.1) is 0 Å². The smallest absolute Gasteiger partial charge is 0.261 e. The number of para-hydroxylation sites is 1. The Balaban J connectivity index is 1.87. The number of rotatable bonds is 5. The van der Waals surface area contributed by atoms with Crippen molar-refractivity contribution in [1.29, 1.82) is 0 Å². The lowest BCUT2D eigenvalue weighted by Gasteiger charge is -2.19. The molecule has 150 valence electrons. The SMILES string of the molecule is Cc1cc(=O)c(C(=O)Nc2ccccc2Cl)c(-c2ccco2)n1Cc1cccnc1. The highest BCUT2D eigenvalue weighted by atomic mass is 35.5. The fourth-order valence-electron chi connectivity index (χ4n) is 3.28. The van der Waals surface area contributed by atoms with Crippen molar-refractivity contribution < 1.29 is 9.21 Å². The number of carbonyl (C=O) groups is 1. The minimum Gasteiger partial charge on any atom is -0.463 e. The second-order valence-corrected chi connectivity index (χ2v) is 7.14. The number of pyridine rings is 2. The van der Waals surface area contributed by atoms with Crippen LogP contribution in [0.2, 0.25) is 5.02 Å². The number of anilines is 1. The average molecular weight is 420 g/mol. The van der Waals surface area contributed by atoms with E-state index in [0.717, 1.165) is 5.56 Å². The van der Waals surface area contributed by atoms with Crippen LogP contribution in [-0.4, -0.2) is 15.5 Å². The number of nitrogens with one attached hydrogen (secondary N) is 1. The molecule has 6 nitrogen and oxygen atoms in total. The van der Waals surface area contributed by atoms with Gasteiger partial charge in [0.2, 0.25) is 0 Å². The summed E-state index contributed by atoms with van der Waals surface area (Å²) in [5, 5.41) is 3.12. The predicted octanol–water partition coefficient (Wildman–Crippen LogP) is 4.77. The standard InChI is InChI=1S/C23H18ClN3O3/c1-15-12-19(28)21(23(29)26-18-8-3-2-7-17(18)24)22(20-9-5-11-30-20)27(15)14-16-6-4-10-25-13-16/h2-13H,14H2,1H3,(H,26,29). The quantitative estimate of drug-likeness (QED) is 0.505. The van der Waals surface area contributed by atoms with Crippen LogP contribution in [0.4, 0.5) is 5.69 Å². The van der Waals surface area contributed by atoms with Gasteiger partial charge in [-0.1, -0.05) is 29.8 Å². The van der Waals surface area contributed by atoms with Gasteiger partial charge in [0.25, 0.3) is 5.91 Å². The predicted molar refractivity (Wildman–Crippen MR) is 116 cm³/mol. The Morgan fingerprint density at radius 2 is 2.00 bits per heavy atom. The highest BCUT2D eigenvalue weighted by molar-refractivity contribution is 6.34. The van der Waals surface area contributed by atoms with Crippen molar-refractivity contribution in [2.75, 3.05) is 5.32 Å². The number of benzene rings is 1. The van der Waals surface area contributed by atoms with Crippen molar-refractivity contribution in [3.05, 3.63) is 105 Å². The molecule has 0 saturated carbocycles. The van der Waals surface area contributed by atoms with E-state index in [4.69, 9.17) is 16.0 Å². The molecule has 0 aliphatic heterocycles. The van der Waals surface area contributed by atoms with E-state index >= 15 is 0 Å². The molecule has 7 heteroatoms. The zero-order valence-corrected chi connectivity index (χ0v) is 16.9. The third-order valence-corrected chi connectivity index (χ3v) is 5.02. The first-order valence-electron chi connectivity index (χ1n) is 9.27. The molecule has 1 N–H and O–H groups in total. The normalized spacial score (nSPS) is 10.7. The van der Waals surface area contributed by atoms with Crippen molar-refractivity contribution in [3.8, 4) is 11.5 Å². The first-order chi connectivity index (χ1) is 14.5. The van der Waals surface area contributed by atoms with Crippen LogP contribution in [0.5, 0.6) is 0 Å². The molecule has 4 rings (SSSR count). The van der Waals surface area contributed by atoms with Gasteiger partial charge in [-0.25, -0.2) is 0 Å². The molecule has 4 aromatic rings. The fraction of sp³-hybridized carbons (Fsp3) is 0.0870. The van der Waals surface area contributed by atoms with E-state index in [1.54, 1.807) is 48.8 Å². The van der Waals surface area contributed by atoms with Gasteiger partial charge in [0.15, 0.2) is 11.2 Å². The lowest BCUT2D eigenvalue weighted by atomic mass is 10.1. The molecule has 3 aromatic heterocycles. The molecule has 0 aliphatic rings. The van der Waals surface area contributed by atoms with Gasteiger partial charge in [-0.05, 0) is 42.8 Å². The zero-order chi connectivity index (χ0) is 21.1. The number of aryl methyl sites for hydroxylation is 1. The highest BCUT2D eigenvalue weighted by Crippen LogP contribution is 2.27. The molecule has 30 heavy (non-hydrogen) atoms. The number of carbonyl (C=O) groups excluding carboxylic acids is 1. The molecule has 0 atom stereocenters. The summed E-state index contributed by atoms with van der Waals surface area (Å²) < 4.78 is 7.47. The molecule has 1 amide bonds. The topological polar surface area (TPSA) is 77.1 Å². The van der Waals surface area contributed by atoms with Crippen LogP contribution in [0.15, 0.2) is 82.5 Å². The summed E-state index contributed by atoms with van der Waals surface area (Å²) in [5.41, 5.74) is 2.04. The van der Waals surface area contributed by atoms with Gasteiger partial charge in [-0.3, -0.25) is 14.6 Å². The molecule has 0 radical (unpaired) electrons. The molecule has 0 bridgehead atoms. The maximum absolute atomic E-state index is 13.2. The summed E-state index contributed by atoms with van der Waals surface area (Å²) >= 11 is 6.18. The number of aromatic nitrogens is 2. The second kappa shape index (κ2) is 8.39. The van der Waals surface area contributed by atoms with Gasteiger partial charge in [-0.2, -0.15) is 0 Å². The number of furan rings is 1. The van der Waals surface area contributed by atoms with E-state index in [1.165, 1.54) is 12.3 Å². The lowest BCUT2D eigenvalue weighted by Crippen LogP contribution is -2.27. The Hall–Kier alpha value is -3.64. The summed E-state index contributed by atoms with van der Waals surface area (Å²) in [6.07, 6.45) is 4.94. The Kier molecular flexibility index (Phi) is 5.50. The highest BCUT2D eigenvalue weighted by Gasteiger charge is 2.24. The van der Waals surface area contributed by atoms with Crippen molar-refractivity contribution in [1.82, 2.24) is 9.55 Å². The molecule has 3 heterocycles. The molecular weight excluding hydrogens is 402 g/mol. The largest absolute Gasteiger partial charge is 0.463 e. The van der Waals surface area contributed by atoms with E-state index < -0.39 is 11.3 Å². The molecule has 0 aliphatic carbocycles. The van der Waals surface area contributed by atoms with Crippen LogP contribution in [0.25, 0.3) is 11.5 Å². The van der Waals surface area contributed by atoms with Crippen LogP contribution in [0, 0.1) is 6.92 Å².